The van der Waals surface area contributed by atoms with Gasteiger partial charge in [-0.2, -0.15) is 0 Å². The van der Waals surface area contributed by atoms with Crippen LogP contribution in [0.15, 0.2) is 67.0 Å². The number of hydrogen-bond donors (Lipinski definition) is 2. The summed E-state index contributed by atoms with van der Waals surface area (Å²) in [5, 5.41) is 9.62. The number of imidazole rings is 1. The number of aromatic nitrogens is 2. The molecule has 2 aromatic carbocycles. The molecule has 2 amide bonds. The summed E-state index contributed by atoms with van der Waals surface area (Å²) in [6, 6.07) is 19.6. The molecule has 3 N–H and O–H groups in total. The molecule has 0 radical (unpaired) electrons. The molecule has 3 aromatic rings. The van der Waals surface area contributed by atoms with Crippen LogP contribution in [0, 0.1) is 0 Å². The van der Waals surface area contributed by atoms with Crippen molar-refractivity contribution in [2.24, 2.45) is 5.73 Å². The largest absolute Gasteiger partial charge is 0.465 e. The Bertz CT molecular complexity index is 1200. The van der Waals surface area contributed by atoms with Gasteiger partial charge in [0, 0.05) is 31.2 Å². The number of hydrogen-bond acceptors (Lipinski definition) is 4. The third-order valence-electron chi connectivity index (χ3n) is 7.51. The lowest BCUT2D eigenvalue weighted by atomic mass is 9.90. The van der Waals surface area contributed by atoms with E-state index in [-0.39, 0.29) is 37.1 Å². The van der Waals surface area contributed by atoms with Crippen LogP contribution in [0.5, 0.6) is 0 Å². The number of nitrogens with two attached hydrogens (primary N) is 1. The monoisotopic (exact) mass is 487 g/mol. The van der Waals surface area contributed by atoms with Crippen molar-refractivity contribution < 1.29 is 14.7 Å². The number of benzene rings is 2. The predicted molar refractivity (Wildman–Crippen MR) is 138 cm³/mol. The van der Waals surface area contributed by atoms with Crippen molar-refractivity contribution in [3.63, 3.8) is 0 Å². The maximum absolute atomic E-state index is 14.1. The topological polar surface area (TPSA) is 105 Å². The molecule has 1 aliphatic carbocycles. The maximum Gasteiger partial charge on any atom is 0.407 e. The fourth-order valence-corrected chi connectivity index (χ4v) is 5.63. The Morgan fingerprint density at radius 1 is 0.972 bits per heavy atom. The van der Waals surface area contributed by atoms with Gasteiger partial charge in [-0.25, -0.2) is 9.78 Å². The first-order valence-electron chi connectivity index (χ1n) is 12.7. The molecule has 5 rings (SSSR count). The Morgan fingerprint density at radius 3 is 2.36 bits per heavy atom. The second kappa shape index (κ2) is 10.5. The second-order valence-corrected chi connectivity index (χ2v) is 9.80. The number of carbonyl (C=O) groups excluding carboxylic acids is 1. The lowest BCUT2D eigenvalue weighted by molar-refractivity contribution is 0.0447. The molecule has 8 nitrogen and oxygen atoms in total. The first-order chi connectivity index (χ1) is 17.5. The van der Waals surface area contributed by atoms with Crippen LogP contribution in [0.25, 0.3) is 11.3 Å². The molecule has 2 aliphatic rings. The zero-order valence-corrected chi connectivity index (χ0v) is 20.4. The van der Waals surface area contributed by atoms with Gasteiger partial charge in [0.1, 0.15) is 0 Å². The van der Waals surface area contributed by atoms with Crippen molar-refractivity contribution in [2.45, 2.75) is 50.2 Å². The van der Waals surface area contributed by atoms with Crippen LogP contribution in [0.2, 0.25) is 0 Å². The number of piperazine rings is 1. The molecule has 1 saturated heterocycles. The summed E-state index contributed by atoms with van der Waals surface area (Å²) in [5.74, 6) is -0.164. The highest BCUT2D eigenvalue weighted by Gasteiger charge is 2.36. The summed E-state index contributed by atoms with van der Waals surface area (Å²) in [4.78, 5) is 33.7. The van der Waals surface area contributed by atoms with Gasteiger partial charge in [-0.1, -0.05) is 73.5 Å². The van der Waals surface area contributed by atoms with Gasteiger partial charge >= 0.3 is 6.09 Å². The third kappa shape index (κ3) is 4.86. The van der Waals surface area contributed by atoms with Crippen LogP contribution in [-0.2, 0) is 6.42 Å². The molecule has 1 saturated carbocycles. The van der Waals surface area contributed by atoms with E-state index in [1.165, 1.54) is 4.90 Å². The van der Waals surface area contributed by atoms with Gasteiger partial charge in [0.2, 0.25) is 0 Å². The van der Waals surface area contributed by atoms with E-state index in [1.54, 1.807) is 6.33 Å². The fourth-order valence-electron chi connectivity index (χ4n) is 5.63. The summed E-state index contributed by atoms with van der Waals surface area (Å²) in [6.07, 6.45) is 5.52. The first kappa shape index (κ1) is 24.1. The molecule has 2 heterocycles. The standard InChI is InChI=1S/C28H33N5O3/c29-23-13-7-8-14-24(23)33-19-30-25(26(33)21-11-5-2-6-12-21)27(34)32-16-15-31(28(35)36)18-22(32)17-20-9-3-1-4-10-20/h1-6,9-12,19,22-24H,7-8,13-18,29H2,(H,35,36)/t22-,23-,24+/m1/s1. The van der Waals surface area contributed by atoms with Crippen LogP contribution >= 0.6 is 0 Å². The van der Waals surface area contributed by atoms with Crippen LogP contribution < -0.4 is 5.73 Å². The summed E-state index contributed by atoms with van der Waals surface area (Å²) in [7, 11) is 0. The van der Waals surface area contributed by atoms with Gasteiger partial charge in [0.05, 0.1) is 24.1 Å². The molecule has 188 valence electrons. The lowest BCUT2D eigenvalue weighted by Crippen LogP contribution is -2.57. The molecule has 2 fully saturated rings. The highest BCUT2D eigenvalue weighted by Crippen LogP contribution is 2.34. The summed E-state index contributed by atoms with van der Waals surface area (Å²) in [5.41, 5.74) is 9.72. The minimum absolute atomic E-state index is 0.0169. The minimum Gasteiger partial charge on any atom is -0.465 e. The average Bonchev–Trinajstić information content (AvgIpc) is 3.34. The van der Waals surface area contributed by atoms with E-state index in [0.717, 1.165) is 42.5 Å². The molecule has 8 heteroatoms. The van der Waals surface area contributed by atoms with Gasteiger partial charge < -0.3 is 25.2 Å². The zero-order valence-electron chi connectivity index (χ0n) is 20.4. The van der Waals surface area contributed by atoms with Crippen molar-refractivity contribution >= 4 is 12.0 Å². The van der Waals surface area contributed by atoms with Crippen molar-refractivity contribution in [3.05, 3.63) is 78.2 Å². The van der Waals surface area contributed by atoms with Crippen molar-refractivity contribution in [2.75, 3.05) is 19.6 Å². The van der Waals surface area contributed by atoms with Gasteiger partial charge in [0.15, 0.2) is 5.69 Å². The maximum atomic E-state index is 14.1. The third-order valence-corrected chi connectivity index (χ3v) is 7.51. The van der Waals surface area contributed by atoms with Crippen LogP contribution in [0.4, 0.5) is 4.79 Å². The number of rotatable bonds is 5. The van der Waals surface area contributed by atoms with Crippen molar-refractivity contribution in [1.82, 2.24) is 19.4 Å². The van der Waals surface area contributed by atoms with Gasteiger partial charge in [-0.3, -0.25) is 4.79 Å². The second-order valence-electron chi connectivity index (χ2n) is 9.80. The van der Waals surface area contributed by atoms with E-state index >= 15 is 0 Å². The van der Waals surface area contributed by atoms with Crippen molar-refractivity contribution in [3.8, 4) is 11.3 Å². The van der Waals surface area contributed by atoms with E-state index in [1.807, 2.05) is 65.6 Å². The first-order valence-corrected chi connectivity index (χ1v) is 12.7. The minimum atomic E-state index is -0.958. The summed E-state index contributed by atoms with van der Waals surface area (Å²) < 4.78 is 2.10. The Balaban J connectivity index is 1.51. The Labute approximate surface area is 211 Å². The molecule has 0 unspecified atom stereocenters. The molecule has 3 atom stereocenters. The number of carbonyl (C=O) groups is 2. The smallest absolute Gasteiger partial charge is 0.407 e. The molecule has 36 heavy (non-hydrogen) atoms. The van der Waals surface area contributed by atoms with E-state index in [9.17, 15) is 14.7 Å². The van der Waals surface area contributed by atoms with E-state index in [0.29, 0.717) is 18.7 Å². The highest BCUT2D eigenvalue weighted by atomic mass is 16.4. The summed E-state index contributed by atoms with van der Waals surface area (Å²) in [6.45, 7) is 0.874. The molecular formula is C28H33N5O3. The van der Waals surface area contributed by atoms with Crippen molar-refractivity contribution in [1.29, 1.82) is 0 Å². The Morgan fingerprint density at radius 2 is 1.67 bits per heavy atom. The van der Waals surface area contributed by atoms with Crippen LogP contribution in [0.1, 0.15) is 47.8 Å². The van der Waals surface area contributed by atoms with E-state index in [4.69, 9.17) is 5.73 Å². The normalized spacial score (nSPS) is 22.4. The lowest BCUT2D eigenvalue weighted by Gasteiger charge is -2.40. The summed E-state index contributed by atoms with van der Waals surface area (Å²) >= 11 is 0. The molecule has 1 aromatic heterocycles. The molecular weight excluding hydrogens is 454 g/mol. The van der Waals surface area contributed by atoms with Crippen LogP contribution in [-0.4, -0.2) is 68.2 Å². The van der Waals surface area contributed by atoms with E-state index in [2.05, 4.69) is 9.55 Å². The van der Waals surface area contributed by atoms with Gasteiger partial charge in [-0.05, 0) is 24.8 Å². The Hall–Kier alpha value is -3.65. The van der Waals surface area contributed by atoms with Crippen LogP contribution in [0.3, 0.4) is 0 Å². The SMILES string of the molecule is N[C@@H]1CCCC[C@@H]1n1cnc(C(=O)N2CCN(C(=O)O)C[C@H]2Cc2ccccc2)c1-c1ccccc1. The highest BCUT2D eigenvalue weighted by molar-refractivity contribution is 5.98. The fraction of sp³-hybridized carbons (Fsp3) is 0.393. The average molecular weight is 488 g/mol. The van der Waals surface area contributed by atoms with E-state index < -0.39 is 6.09 Å². The number of carboxylic acid groups (broad SMARTS) is 1. The zero-order chi connectivity index (χ0) is 25.1. The quantitative estimate of drug-likeness (QED) is 0.565. The predicted octanol–water partition coefficient (Wildman–Crippen LogP) is 4.04. The van der Waals surface area contributed by atoms with Gasteiger partial charge in [0.25, 0.3) is 5.91 Å². The molecule has 0 spiro atoms. The molecule has 0 bridgehead atoms. The molecule has 1 aliphatic heterocycles. The number of nitrogens with zero attached hydrogens (tertiary/aromatic N) is 4. The number of amides is 2. The Kier molecular flexibility index (Phi) is 7.04. The van der Waals surface area contributed by atoms with Gasteiger partial charge in [-0.15, -0.1) is 0 Å².